The van der Waals surface area contributed by atoms with Gasteiger partial charge in [-0.05, 0) is 0 Å². The van der Waals surface area contributed by atoms with Crippen LogP contribution >= 0.6 is 0 Å². The third-order valence-electron chi connectivity index (χ3n) is 1.63. The Morgan fingerprint density at radius 3 is 2.25 bits per heavy atom. The highest BCUT2D eigenvalue weighted by molar-refractivity contribution is 5.41. The normalized spacial score (nSPS) is 11.6. The first kappa shape index (κ1) is 12.3. The van der Waals surface area contributed by atoms with Crippen LogP contribution in [0.2, 0.25) is 0 Å². The number of alkyl halides is 5. The van der Waals surface area contributed by atoms with Crippen molar-refractivity contribution in [2.24, 2.45) is 0 Å². The van der Waals surface area contributed by atoms with Gasteiger partial charge >= 0.3 is 6.18 Å². The van der Waals surface area contributed by atoms with Crippen LogP contribution in [0.3, 0.4) is 0 Å². The molecule has 0 aliphatic rings. The zero-order valence-corrected chi connectivity index (χ0v) is 7.32. The minimum atomic E-state index is -5.24. The zero-order chi connectivity index (χ0) is 12.5. The standard InChI is InChI=1S/C8H2F6N2/c9-4-1-3(2-15)5(7(10)11)6(16-4)8(12,13)14/h1,7H. The second kappa shape index (κ2) is 4.00. The molecule has 1 rings (SSSR count). The average Bonchev–Trinajstić information content (AvgIpc) is 2.14. The Morgan fingerprint density at radius 2 is 1.88 bits per heavy atom. The molecule has 1 aromatic heterocycles. The van der Waals surface area contributed by atoms with Crippen LogP contribution in [-0.2, 0) is 6.18 Å². The maximum absolute atomic E-state index is 12.6. The summed E-state index contributed by atoms with van der Waals surface area (Å²) in [5, 5.41) is 8.34. The number of hydrogen-bond acceptors (Lipinski definition) is 2. The van der Waals surface area contributed by atoms with Crippen LogP contribution in [0.5, 0.6) is 0 Å². The first-order valence-electron chi connectivity index (χ1n) is 3.73. The average molecular weight is 240 g/mol. The molecule has 0 fully saturated rings. The fraction of sp³-hybridized carbons (Fsp3) is 0.250. The SMILES string of the molecule is N#Cc1cc(F)nc(C(F)(F)F)c1C(F)F. The number of halogens is 6. The lowest BCUT2D eigenvalue weighted by Crippen LogP contribution is -2.15. The zero-order valence-electron chi connectivity index (χ0n) is 7.32. The molecule has 1 aromatic rings. The highest BCUT2D eigenvalue weighted by atomic mass is 19.4. The van der Waals surface area contributed by atoms with Crippen molar-refractivity contribution < 1.29 is 26.3 Å². The number of nitriles is 1. The molecule has 0 radical (unpaired) electrons. The van der Waals surface area contributed by atoms with E-state index in [0.717, 1.165) is 6.07 Å². The molecule has 0 spiro atoms. The van der Waals surface area contributed by atoms with Gasteiger partial charge in [-0.1, -0.05) is 0 Å². The number of hydrogen-bond donors (Lipinski definition) is 0. The largest absolute Gasteiger partial charge is 0.433 e. The van der Waals surface area contributed by atoms with E-state index in [4.69, 9.17) is 5.26 Å². The summed E-state index contributed by atoms with van der Waals surface area (Å²) in [6.07, 6.45) is -8.79. The summed E-state index contributed by atoms with van der Waals surface area (Å²) in [7, 11) is 0. The quantitative estimate of drug-likeness (QED) is 0.558. The van der Waals surface area contributed by atoms with Gasteiger partial charge in [0.15, 0.2) is 5.69 Å². The molecular weight excluding hydrogens is 238 g/mol. The lowest BCUT2D eigenvalue weighted by atomic mass is 10.1. The van der Waals surface area contributed by atoms with Gasteiger partial charge in [-0.15, -0.1) is 0 Å². The van der Waals surface area contributed by atoms with Crippen molar-refractivity contribution in [3.63, 3.8) is 0 Å². The van der Waals surface area contributed by atoms with Gasteiger partial charge in [0.05, 0.1) is 17.2 Å². The van der Waals surface area contributed by atoms with E-state index in [1.807, 2.05) is 0 Å². The van der Waals surface area contributed by atoms with Crippen molar-refractivity contribution >= 4 is 0 Å². The van der Waals surface area contributed by atoms with Gasteiger partial charge in [0.25, 0.3) is 6.43 Å². The molecule has 0 N–H and O–H groups in total. The summed E-state index contributed by atoms with van der Waals surface area (Å²) in [5.41, 5.74) is -4.75. The number of aromatic nitrogens is 1. The predicted octanol–water partition coefficient (Wildman–Crippen LogP) is 3.05. The van der Waals surface area contributed by atoms with Crippen LogP contribution in [0.1, 0.15) is 23.2 Å². The van der Waals surface area contributed by atoms with Crippen LogP contribution in [0.25, 0.3) is 0 Å². The van der Waals surface area contributed by atoms with E-state index in [1.165, 1.54) is 0 Å². The maximum Gasteiger partial charge on any atom is 0.433 e. The van der Waals surface area contributed by atoms with Crippen molar-refractivity contribution in [3.05, 3.63) is 28.8 Å². The molecule has 0 saturated carbocycles. The maximum atomic E-state index is 12.6. The number of nitrogens with zero attached hydrogens (tertiary/aromatic N) is 2. The molecule has 0 atom stereocenters. The van der Waals surface area contributed by atoms with Gasteiger partial charge in [0.2, 0.25) is 5.95 Å². The molecule has 0 aromatic carbocycles. The predicted molar refractivity (Wildman–Crippen MR) is 38.9 cm³/mol. The molecule has 8 heteroatoms. The van der Waals surface area contributed by atoms with Crippen molar-refractivity contribution in [1.82, 2.24) is 4.98 Å². The van der Waals surface area contributed by atoms with Crippen LogP contribution in [-0.4, -0.2) is 4.98 Å². The van der Waals surface area contributed by atoms with E-state index in [1.54, 1.807) is 0 Å². The summed E-state index contributed by atoms with van der Waals surface area (Å²) >= 11 is 0. The monoisotopic (exact) mass is 240 g/mol. The Bertz CT molecular complexity index is 445. The number of rotatable bonds is 1. The minimum Gasteiger partial charge on any atom is -0.215 e. The van der Waals surface area contributed by atoms with Gasteiger partial charge in [-0.2, -0.15) is 22.8 Å². The van der Waals surface area contributed by atoms with E-state index in [-0.39, 0.29) is 6.07 Å². The Labute approximate surface area is 85.1 Å². The van der Waals surface area contributed by atoms with E-state index >= 15 is 0 Å². The van der Waals surface area contributed by atoms with E-state index < -0.39 is 35.4 Å². The summed E-state index contributed by atoms with van der Waals surface area (Å²) in [5.74, 6) is -1.63. The Hall–Kier alpha value is -1.78. The van der Waals surface area contributed by atoms with Crippen molar-refractivity contribution in [2.45, 2.75) is 12.6 Å². The smallest absolute Gasteiger partial charge is 0.215 e. The Kier molecular flexibility index (Phi) is 3.07. The Balaban J connectivity index is 3.59. The van der Waals surface area contributed by atoms with Gasteiger partial charge in [0, 0.05) is 6.07 Å². The van der Waals surface area contributed by atoms with E-state index in [9.17, 15) is 26.3 Å². The summed E-state index contributed by atoms with van der Waals surface area (Å²) in [6, 6.07) is 1.30. The number of pyridine rings is 1. The van der Waals surface area contributed by atoms with E-state index in [2.05, 4.69) is 4.98 Å². The molecule has 0 amide bonds. The molecule has 0 aliphatic carbocycles. The molecular formula is C8H2F6N2. The second-order valence-electron chi connectivity index (χ2n) is 2.67. The van der Waals surface area contributed by atoms with Crippen LogP contribution in [0.4, 0.5) is 26.3 Å². The third kappa shape index (κ3) is 2.24. The van der Waals surface area contributed by atoms with Crippen molar-refractivity contribution in [2.75, 3.05) is 0 Å². The Morgan fingerprint density at radius 1 is 1.31 bits per heavy atom. The fourth-order valence-corrected chi connectivity index (χ4v) is 1.05. The summed E-state index contributed by atoms with van der Waals surface area (Å²) < 4.78 is 73.9. The van der Waals surface area contributed by atoms with Crippen LogP contribution < -0.4 is 0 Å². The van der Waals surface area contributed by atoms with Crippen LogP contribution in [0.15, 0.2) is 6.07 Å². The molecule has 86 valence electrons. The minimum absolute atomic E-state index is 0.233. The highest BCUT2D eigenvalue weighted by Gasteiger charge is 2.39. The second-order valence-corrected chi connectivity index (χ2v) is 2.67. The fourth-order valence-electron chi connectivity index (χ4n) is 1.05. The molecule has 1 heterocycles. The first-order valence-corrected chi connectivity index (χ1v) is 3.73. The molecule has 0 unspecified atom stereocenters. The van der Waals surface area contributed by atoms with Gasteiger partial charge < -0.3 is 0 Å². The topological polar surface area (TPSA) is 36.7 Å². The van der Waals surface area contributed by atoms with E-state index in [0.29, 0.717) is 0 Å². The molecule has 16 heavy (non-hydrogen) atoms. The van der Waals surface area contributed by atoms with Crippen LogP contribution in [0, 0.1) is 17.3 Å². The summed E-state index contributed by atoms with van der Waals surface area (Å²) in [6.45, 7) is 0. The highest BCUT2D eigenvalue weighted by Crippen LogP contribution is 2.36. The van der Waals surface area contributed by atoms with Crippen molar-refractivity contribution in [1.29, 1.82) is 5.26 Å². The molecule has 0 saturated heterocycles. The molecule has 2 nitrogen and oxygen atoms in total. The third-order valence-corrected chi connectivity index (χ3v) is 1.63. The van der Waals surface area contributed by atoms with Gasteiger partial charge in [0.1, 0.15) is 0 Å². The molecule has 0 bridgehead atoms. The lowest BCUT2D eigenvalue weighted by Gasteiger charge is -2.12. The van der Waals surface area contributed by atoms with Gasteiger partial charge in [-0.3, -0.25) is 0 Å². The molecule has 0 aliphatic heterocycles. The lowest BCUT2D eigenvalue weighted by molar-refractivity contribution is -0.143. The van der Waals surface area contributed by atoms with Crippen molar-refractivity contribution in [3.8, 4) is 6.07 Å². The first-order chi connectivity index (χ1) is 7.27. The summed E-state index contributed by atoms with van der Waals surface area (Å²) in [4.78, 5) is 2.35. The van der Waals surface area contributed by atoms with Gasteiger partial charge in [-0.25, -0.2) is 13.8 Å².